The van der Waals surface area contributed by atoms with Crippen LogP contribution in [-0.4, -0.2) is 0 Å². The summed E-state index contributed by atoms with van der Waals surface area (Å²) in [6, 6.07) is 6.38. The summed E-state index contributed by atoms with van der Waals surface area (Å²) in [5, 5.41) is 5.35. The van der Waals surface area contributed by atoms with Crippen LogP contribution in [0.5, 0.6) is 0 Å². The SMILES string of the molecule is Cc1cc(-c2cccs2)[c]s1. The molecule has 11 heavy (non-hydrogen) atoms. The molecule has 0 bridgehead atoms. The van der Waals surface area contributed by atoms with E-state index in [0.29, 0.717) is 0 Å². The number of hydrogen-bond donors (Lipinski definition) is 0. The summed E-state index contributed by atoms with van der Waals surface area (Å²) in [7, 11) is 0. The van der Waals surface area contributed by atoms with E-state index >= 15 is 0 Å². The molecule has 0 saturated heterocycles. The molecule has 2 heteroatoms. The molecule has 0 fully saturated rings. The fourth-order valence-electron chi connectivity index (χ4n) is 0.951. The molecule has 2 rings (SSSR count). The Morgan fingerprint density at radius 3 is 2.91 bits per heavy atom. The van der Waals surface area contributed by atoms with Crippen molar-refractivity contribution in [2.45, 2.75) is 6.92 Å². The average molecular weight is 179 g/mol. The molecule has 0 unspecified atom stereocenters. The zero-order valence-corrected chi connectivity index (χ0v) is 7.76. The highest BCUT2D eigenvalue weighted by atomic mass is 32.1. The first kappa shape index (κ1) is 7.07. The van der Waals surface area contributed by atoms with Crippen LogP contribution in [0.2, 0.25) is 0 Å². The van der Waals surface area contributed by atoms with E-state index in [2.05, 4.69) is 35.9 Å². The molecule has 2 heterocycles. The van der Waals surface area contributed by atoms with E-state index in [1.807, 2.05) is 0 Å². The number of hydrogen-bond acceptors (Lipinski definition) is 2. The van der Waals surface area contributed by atoms with Crippen molar-refractivity contribution < 1.29 is 0 Å². The highest BCUT2D eigenvalue weighted by Crippen LogP contribution is 2.27. The van der Waals surface area contributed by atoms with Crippen LogP contribution in [0.25, 0.3) is 10.4 Å². The van der Waals surface area contributed by atoms with Crippen molar-refractivity contribution >= 4 is 22.7 Å². The summed E-state index contributed by atoms with van der Waals surface area (Å²) in [5.74, 6) is 0. The van der Waals surface area contributed by atoms with Gasteiger partial charge in [0.25, 0.3) is 0 Å². The largest absolute Gasteiger partial charge is 0.144 e. The molecule has 0 saturated carbocycles. The Balaban J connectivity index is 2.45. The van der Waals surface area contributed by atoms with Crippen LogP contribution in [0.4, 0.5) is 0 Å². The lowest BCUT2D eigenvalue weighted by atomic mass is 10.3. The Labute approximate surface area is 74.1 Å². The van der Waals surface area contributed by atoms with Gasteiger partial charge in [0.1, 0.15) is 0 Å². The quantitative estimate of drug-likeness (QED) is 0.627. The van der Waals surface area contributed by atoms with Gasteiger partial charge in [0.15, 0.2) is 0 Å². The van der Waals surface area contributed by atoms with Gasteiger partial charge >= 0.3 is 0 Å². The van der Waals surface area contributed by atoms with Crippen LogP contribution in [0.15, 0.2) is 23.6 Å². The zero-order valence-electron chi connectivity index (χ0n) is 6.13. The van der Waals surface area contributed by atoms with Crippen LogP contribution in [-0.2, 0) is 0 Å². The maximum absolute atomic E-state index is 3.26. The van der Waals surface area contributed by atoms with E-state index in [4.69, 9.17) is 0 Å². The fraction of sp³-hybridized carbons (Fsp3) is 0.111. The second kappa shape index (κ2) is 2.80. The number of thiophene rings is 2. The molecule has 0 aliphatic rings. The van der Waals surface area contributed by atoms with Gasteiger partial charge in [0, 0.05) is 15.3 Å². The first-order chi connectivity index (χ1) is 5.36. The Bertz CT molecular complexity index is 330. The van der Waals surface area contributed by atoms with Gasteiger partial charge in [-0.2, -0.15) is 0 Å². The predicted molar refractivity (Wildman–Crippen MR) is 51.2 cm³/mol. The minimum Gasteiger partial charge on any atom is -0.144 e. The van der Waals surface area contributed by atoms with Gasteiger partial charge < -0.3 is 0 Å². The summed E-state index contributed by atoms with van der Waals surface area (Å²) in [5.41, 5.74) is 1.24. The van der Waals surface area contributed by atoms with Crippen molar-refractivity contribution in [3.63, 3.8) is 0 Å². The lowest BCUT2D eigenvalue weighted by Gasteiger charge is -1.85. The molecule has 0 aliphatic carbocycles. The average Bonchev–Trinajstić information content (AvgIpc) is 2.55. The maximum atomic E-state index is 3.26. The molecule has 0 amide bonds. The van der Waals surface area contributed by atoms with Gasteiger partial charge in [-0.25, -0.2) is 0 Å². The van der Waals surface area contributed by atoms with Gasteiger partial charge in [-0.1, -0.05) is 6.07 Å². The Hall–Kier alpha value is -0.600. The second-order valence-electron chi connectivity index (χ2n) is 2.35. The molecule has 0 nitrogen and oxygen atoms in total. The number of aryl methyl sites for hydroxylation is 1. The van der Waals surface area contributed by atoms with E-state index in [1.165, 1.54) is 15.3 Å². The van der Waals surface area contributed by atoms with E-state index in [0.717, 1.165) is 0 Å². The van der Waals surface area contributed by atoms with Crippen LogP contribution < -0.4 is 0 Å². The lowest BCUT2D eigenvalue weighted by molar-refractivity contribution is 1.64. The second-order valence-corrected chi connectivity index (χ2v) is 4.35. The van der Waals surface area contributed by atoms with Crippen LogP contribution in [0.1, 0.15) is 4.88 Å². The zero-order chi connectivity index (χ0) is 7.68. The van der Waals surface area contributed by atoms with Crippen molar-refractivity contribution in [3.05, 3.63) is 33.8 Å². The molecule has 1 radical (unpaired) electrons. The van der Waals surface area contributed by atoms with Crippen molar-refractivity contribution in [1.29, 1.82) is 0 Å². The first-order valence-corrected chi connectivity index (χ1v) is 5.08. The summed E-state index contributed by atoms with van der Waals surface area (Å²) in [4.78, 5) is 2.64. The molecule has 0 aromatic carbocycles. The standard InChI is InChI=1S/C9H7S2/c1-7-5-8(6-11-7)9-3-2-4-10-9/h2-5H,1H3. The van der Waals surface area contributed by atoms with Crippen LogP contribution >= 0.6 is 22.7 Å². The molecular weight excluding hydrogens is 172 g/mol. The normalized spacial score (nSPS) is 10.3. The van der Waals surface area contributed by atoms with Crippen molar-refractivity contribution in [2.75, 3.05) is 0 Å². The van der Waals surface area contributed by atoms with Crippen molar-refractivity contribution in [1.82, 2.24) is 0 Å². The third-order valence-corrected chi connectivity index (χ3v) is 3.12. The maximum Gasteiger partial charge on any atom is 0.0538 e. The van der Waals surface area contributed by atoms with E-state index in [1.54, 1.807) is 22.7 Å². The molecule has 0 spiro atoms. The molecule has 55 valence electrons. The van der Waals surface area contributed by atoms with E-state index in [-0.39, 0.29) is 0 Å². The minimum absolute atomic E-state index is 1.24. The molecule has 0 N–H and O–H groups in total. The summed E-state index contributed by atoms with van der Waals surface area (Å²) >= 11 is 3.45. The fourth-order valence-corrected chi connectivity index (χ4v) is 2.33. The van der Waals surface area contributed by atoms with Crippen molar-refractivity contribution in [2.24, 2.45) is 0 Å². The topological polar surface area (TPSA) is 0 Å². The summed E-state index contributed by atoms with van der Waals surface area (Å²) in [6.07, 6.45) is 0. The van der Waals surface area contributed by atoms with Gasteiger partial charge in [0.2, 0.25) is 0 Å². The monoisotopic (exact) mass is 179 g/mol. The van der Waals surface area contributed by atoms with Gasteiger partial charge in [0.05, 0.1) is 5.38 Å². The number of rotatable bonds is 1. The molecular formula is C9H7S2. The van der Waals surface area contributed by atoms with E-state index in [9.17, 15) is 0 Å². The molecule has 0 aliphatic heterocycles. The minimum atomic E-state index is 1.24. The van der Waals surface area contributed by atoms with Gasteiger partial charge in [-0.3, -0.25) is 0 Å². The smallest absolute Gasteiger partial charge is 0.0538 e. The van der Waals surface area contributed by atoms with Crippen LogP contribution in [0.3, 0.4) is 0 Å². The van der Waals surface area contributed by atoms with Crippen LogP contribution in [0, 0.1) is 12.3 Å². The first-order valence-electron chi connectivity index (χ1n) is 3.38. The van der Waals surface area contributed by atoms with Crippen molar-refractivity contribution in [3.8, 4) is 10.4 Å². The van der Waals surface area contributed by atoms with E-state index < -0.39 is 0 Å². The summed E-state index contributed by atoms with van der Waals surface area (Å²) < 4.78 is 0. The molecule has 0 atom stereocenters. The highest BCUT2D eigenvalue weighted by molar-refractivity contribution is 7.14. The molecule has 2 aromatic rings. The van der Waals surface area contributed by atoms with Gasteiger partial charge in [-0.15, -0.1) is 22.7 Å². The third-order valence-electron chi connectivity index (χ3n) is 1.46. The third kappa shape index (κ3) is 1.37. The summed E-state index contributed by atoms with van der Waals surface area (Å²) in [6.45, 7) is 2.11. The molecule has 2 aromatic heterocycles. The Morgan fingerprint density at radius 2 is 2.36 bits per heavy atom. The lowest BCUT2D eigenvalue weighted by Crippen LogP contribution is -1.60. The Kier molecular flexibility index (Phi) is 1.80. The predicted octanol–water partition coefficient (Wildman–Crippen LogP) is 3.59. The highest BCUT2D eigenvalue weighted by Gasteiger charge is 1.99. The van der Waals surface area contributed by atoms with Gasteiger partial charge in [-0.05, 0) is 24.4 Å². The Morgan fingerprint density at radius 1 is 1.45 bits per heavy atom.